The Morgan fingerprint density at radius 3 is 2.79 bits per heavy atom. The number of morpholine rings is 1. The number of anilines is 1. The van der Waals surface area contributed by atoms with Crippen LogP contribution >= 0.6 is 11.8 Å². The molecule has 4 rings (SSSR count). The number of nitrogens with one attached hydrogen (secondary N) is 1. The van der Waals surface area contributed by atoms with Crippen molar-refractivity contribution in [1.29, 1.82) is 5.26 Å². The highest BCUT2D eigenvalue weighted by molar-refractivity contribution is 8.00. The molecule has 1 amide bonds. The Morgan fingerprint density at radius 2 is 2.07 bits per heavy atom. The van der Waals surface area contributed by atoms with Crippen LogP contribution < -0.4 is 10.2 Å². The number of thioether (sulfide) groups is 1. The number of rotatable bonds is 6. The van der Waals surface area contributed by atoms with Crippen LogP contribution in [0.4, 0.5) is 5.82 Å². The number of carbonyl (C=O) groups excluding carboxylic acids is 1. The first-order chi connectivity index (χ1) is 14.3. The maximum absolute atomic E-state index is 12.3. The van der Waals surface area contributed by atoms with E-state index in [1.54, 1.807) is 12.3 Å². The van der Waals surface area contributed by atoms with E-state index in [1.165, 1.54) is 17.3 Å². The van der Waals surface area contributed by atoms with E-state index in [-0.39, 0.29) is 11.7 Å². The van der Waals surface area contributed by atoms with Crippen molar-refractivity contribution in [1.82, 2.24) is 10.3 Å². The van der Waals surface area contributed by atoms with Crippen molar-refractivity contribution >= 4 is 23.5 Å². The minimum atomic E-state index is -0.109. The smallest absolute Gasteiger partial charge is 0.230 e. The number of ether oxygens (including phenoxy) is 1. The highest BCUT2D eigenvalue weighted by atomic mass is 32.2. The lowest BCUT2D eigenvalue weighted by Gasteiger charge is -2.32. The topological polar surface area (TPSA) is 91.4 Å². The standard InChI is InChI=1S/C21H24N4O3S/c22-12-18-16-5-1-2-6-17(16)20(25-7-10-27-11-8-25)24-21(18)29-14-19(26)23-13-15-4-3-9-28-15/h3-4,9H,1-2,5-8,10-11,13-14H2,(H,23,26). The summed E-state index contributed by atoms with van der Waals surface area (Å²) in [4.78, 5) is 19.4. The van der Waals surface area contributed by atoms with Gasteiger partial charge in [0.25, 0.3) is 0 Å². The van der Waals surface area contributed by atoms with Crippen molar-refractivity contribution in [3.05, 3.63) is 40.8 Å². The lowest BCUT2D eigenvalue weighted by Crippen LogP contribution is -2.38. The van der Waals surface area contributed by atoms with Crippen LogP contribution in [-0.4, -0.2) is 42.9 Å². The van der Waals surface area contributed by atoms with Gasteiger partial charge < -0.3 is 19.4 Å². The van der Waals surface area contributed by atoms with E-state index in [0.29, 0.717) is 36.1 Å². The summed E-state index contributed by atoms with van der Waals surface area (Å²) >= 11 is 1.33. The third-order valence-corrected chi connectivity index (χ3v) is 6.24. The molecule has 1 fully saturated rings. The molecule has 8 heteroatoms. The minimum absolute atomic E-state index is 0.109. The summed E-state index contributed by atoms with van der Waals surface area (Å²) < 4.78 is 10.7. The van der Waals surface area contributed by atoms with E-state index >= 15 is 0 Å². The molecule has 1 saturated heterocycles. The van der Waals surface area contributed by atoms with Crippen LogP contribution in [0, 0.1) is 11.3 Å². The number of amides is 1. The number of pyridine rings is 1. The molecule has 2 aromatic heterocycles. The zero-order valence-corrected chi connectivity index (χ0v) is 17.1. The molecule has 0 unspecified atom stereocenters. The van der Waals surface area contributed by atoms with Crippen molar-refractivity contribution in [2.24, 2.45) is 0 Å². The number of carbonyl (C=O) groups is 1. The summed E-state index contributed by atoms with van der Waals surface area (Å²) in [6.07, 6.45) is 5.65. The highest BCUT2D eigenvalue weighted by Crippen LogP contribution is 2.36. The fraction of sp³-hybridized carbons (Fsp3) is 0.476. The van der Waals surface area contributed by atoms with E-state index in [9.17, 15) is 10.1 Å². The maximum atomic E-state index is 12.3. The Kier molecular flexibility index (Phi) is 6.37. The molecule has 0 aromatic carbocycles. The van der Waals surface area contributed by atoms with E-state index in [4.69, 9.17) is 14.1 Å². The normalized spacial score (nSPS) is 16.2. The largest absolute Gasteiger partial charge is 0.467 e. The summed E-state index contributed by atoms with van der Waals surface area (Å²) in [5, 5.41) is 13.3. The van der Waals surface area contributed by atoms with E-state index in [1.807, 2.05) is 6.07 Å². The van der Waals surface area contributed by atoms with Gasteiger partial charge in [-0.05, 0) is 48.9 Å². The zero-order chi connectivity index (χ0) is 20.1. The number of aromatic nitrogens is 1. The molecule has 2 aromatic rings. The molecule has 0 spiro atoms. The first-order valence-corrected chi connectivity index (χ1v) is 10.9. The van der Waals surface area contributed by atoms with Crippen LogP contribution in [0.3, 0.4) is 0 Å². The van der Waals surface area contributed by atoms with Crippen molar-refractivity contribution in [2.45, 2.75) is 37.3 Å². The fourth-order valence-corrected chi connectivity index (χ4v) is 4.65. The molecule has 1 N–H and O–H groups in total. The summed E-state index contributed by atoms with van der Waals surface area (Å²) in [5.41, 5.74) is 2.97. The Morgan fingerprint density at radius 1 is 1.28 bits per heavy atom. The van der Waals surface area contributed by atoms with Gasteiger partial charge in [0.2, 0.25) is 5.91 Å². The monoisotopic (exact) mass is 412 g/mol. The van der Waals surface area contributed by atoms with Crippen LogP contribution in [0.5, 0.6) is 0 Å². The number of nitriles is 1. The fourth-order valence-electron chi connectivity index (χ4n) is 3.82. The average Bonchev–Trinajstić information content (AvgIpc) is 3.29. The van der Waals surface area contributed by atoms with Gasteiger partial charge in [-0.15, -0.1) is 0 Å². The van der Waals surface area contributed by atoms with Crippen molar-refractivity contribution in [2.75, 3.05) is 37.0 Å². The Balaban J connectivity index is 1.53. The average molecular weight is 413 g/mol. The second-order valence-corrected chi connectivity index (χ2v) is 8.10. The van der Waals surface area contributed by atoms with E-state index in [0.717, 1.165) is 50.2 Å². The molecule has 152 valence electrons. The van der Waals surface area contributed by atoms with Gasteiger partial charge in [0.05, 0.1) is 37.3 Å². The lowest BCUT2D eigenvalue weighted by atomic mass is 9.89. The number of hydrogen-bond acceptors (Lipinski definition) is 7. The van der Waals surface area contributed by atoms with Gasteiger partial charge in [-0.2, -0.15) is 5.26 Å². The van der Waals surface area contributed by atoms with E-state index < -0.39 is 0 Å². The molecule has 7 nitrogen and oxygen atoms in total. The number of fused-ring (bicyclic) bond motifs is 1. The van der Waals surface area contributed by atoms with Gasteiger partial charge >= 0.3 is 0 Å². The Hall–Kier alpha value is -2.50. The SMILES string of the molecule is N#Cc1c(SCC(=O)NCc2ccco2)nc(N2CCOCC2)c2c1CCCC2. The van der Waals surface area contributed by atoms with E-state index in [2.05, 4.69) is 16.3 Å². The van der Waals surface area contributed by atoms with Gasteiger partial charge in [0.15, 0.2) is 0 Å². The second kappa shape index (κ2) is 9.33. The van der Waals surface area contributed by atoms with Crippen LogP contribution in [0.15, 0.2) is 27.8 Å². The Labute approximate surface area is 174 Å². The molecule has 2 aliphatic rings. The third-order valence-electron chi connectivity index (χ3n) is 5.26. The van der Waals surface area contributed by atoms with Crippen LogP contribution in [0.2, 0.25) is 0 Å². The van der Waals surface area contributed by atoms with Gasteiger partial charge in [-0.3, -0.25) is 4.79 Å². The van der Waals surface area contributed by atoms with Crippen molar-refractivity contribution in [3.8, 4) is 6.07 Å². The predicted molar refractivity (Wildman–Crippen MR) is 110 cm³/mol. The number of furan rings is 1. The molecule has 1 aliphatic heterocycles. The summed E-state index contributed by atoms with van der Waals surface area (Å²) in [7, 11) is 0. The molecule has 0 atom stereocenters. The van der Waals surface area contributed by atoms with Crippen molar-refractivity contribution in [3.63, 3.8) is 0 Å². The third kappa shape index (κ3) is 4.57. The molecular weight excluding hydrogens is 388 g/mol. The predicted octanol–water partition coefficient (Wildman–Crippen LogP) is 2.67. The first kappa shape index (κ1) is 19.8. The van der Waals surface area contributed by atoms with Crippen LogP contribution in [-0.2, 0) is 28.9 Å². The first-order valence-electron chi connectivity index (χ1n) is 9.96. The van der Waals surface area contributed by atoms with Crippen LogP contribution in [0.25, 0.3) is 0 Å². The molecule has 1 aliphatic carbocycles. The van der Waals surface area contributed by atoms with Crippen molar-refractivity contribution < 1.29 is 13.9 Å². The summed E-state index contributed by atoms with van der Waals surface area (Å²) in [6.45, 7) is 3.34. The minimum Gasteiger partial charge on any atom is -0.467 e. The molecule has 0 saturated carbocycles. The molecule has 0 bridgehead atoms. The van der Waals surface area contributed by atoms with Crippen LogP contribution in [0.1, 0.15) is 35.3 Å². The van der Waals surface area contributed by atoms with Gasteiger partial charge in [-0.25, -0.2) is 4.98 Å². The maximum Gasteiger partial charge on any atom is 0.230 e. The molecular formula is C21H24N4O3S. The molecule has 29 heavy (non-hydrogen) atoms. The lowest BCUT2D eigenvalue weighted by molar-refractivity contribution is -0.118. The summed E-state index contributed by atoms with van der Waals surface area (Å²) in [6, 6.07) is 5.97. The summed E-state index contributed by atoms with van der Waals surface area (Å²) in [5.74, 6) is 1.79. The second-order valence-electron chi connectivity index (χ2n) is 7.14. The number of nitrogens with zero attached hydrogens (tertiary/aromatic N) is 3. The highest BCUT2D eigenvalue weighted by Gasteiger charge is 2.26. The quantitative estimate of drug-likeness (QED) is 0.729. The number of hydrogen-bond donors (Lipinski definition) is 1. The molecule has 0 radical (unpaired) electrons. The molecule has 3 heterocycles. The Bertz CT molecular complexity index is 902. The zero-order valence-electron chi connectivity index (χ0n) is 16.3. The van der Waals surface area contributed by atoms with Gasteiger partial charge in [0.1, 0.15) is 22.7 Å². The van der Waals surface area contributed by atoms with Gasteiger partial charge in [-0.1, -0.05) is 11.8 Å². The van der Waals surface area contributed by atoms with Gasteiger partial charge in [0, 0.05) is 13.1 Å².